The average Bonchev–Trinajstić information content (AvgIpc) is 2.99. The van der Waals surface area contributed by atoms with Crippen molar-refractivity contribution in [2.75, 3.05) is 32.8 Å². The van der Waals surface area contributed by atoms with E-state index in [0.29, 0.717) is 47.7 Å². The molecule has 0 saturated carbocycles. The first-order valence-corrected chi connectivity index (χ1v) is 9.02. The predicted octanol–water partition coefficient (Wildman–Crippen LogP) is 0.923. The molecule has 2 saturated heterocycles. The zero-order valence-electron chi connectivity index (χ0n) is 15.3. The molecule has 1 aromatic heterocycles. The smallest absolute Gasteiger partial charge is 0.258 e. The molecule has 3 amide bonds. The van der Waals surface area contributed by atoms with Crippen LogP contribution in [0.2, 0.25) is 0 Å². The van der Waals surface area contributed by atoms with Gasteiger partial charge in [0.1, 0.15) is 23.1 Å². The number of amides is 3. The second-order valence-corrected chi connectivity index (χ2v) is 6.70. The summed E-state index contributed by atoms with van der Waals surface area (Å²) >= 11 is 0. The van der Waals surface area contributed by atoms with Crippen molar-refractivity contribution in [3.8, 4) is 5.75 Å². The van der Waals surface area contributed by atoms with Crippen molar-refractivity contribution in [2.24, 2.45) is 0 Å². The lowest BCUT2D eigenvalue weighted by Gasteiger charge is -2.42. The highest BCUT2D eigenvalue weighted by Crippen LogP contribution is 2.30. The van der Waals surface area contributed by atoms with Gasteiger partial charge in [-0.15, -0.1) is 0 Å². The predicted molar refractivity (Wildman–Crippen MR) is 96.5 cm³/mol. The topological polar surface area (TPSA) is 92.1 Å². The van der Waals surface area contributed by atoms with Gasteiger partial charge >= 0.3 is 0 Å². The van der Waals surface area contributed by atoms with Gasteiger partial charge < -0.3 is 24.3 Å². The van der Waals surface area contributed by atoms with Crippen LogP contribution in [0.3, 0.4) is 0 Å². The molecule has 2 fully saturated rings. The van der Waals surface area contributed by atoms with Gasteiger partial charge in [0.05, 0.1) is 25.3 Å². The summed E-state index contributed by atoms with van der Waals surface area (Å²) in [6.45, 7) is 5.10. The molecule has 0 unspecified atom stereocenters. The number of nitrogens with one attached hydrogen (secondary N) is 1. The maximum absolute atomic E-state index is 13.2. The highest BCUT2D eigenvalue weighted by molar-refractivity contribution is 6.08. The Labute approximate surface area is 156 Å². The minimum atomic E-state index is -0.638. The van der Waals surface area contributed by atoms with E-state index < -0.39 is 6.04 Å². The second kappa shape index (κ2) is 6.61. The van der Waals surface area contributed by atoms with Crippen molar-refractivity contribution >= 4 is 28.7 Å². The number of hydrogen-bond acceptors (Lipinski definition) is 5. The van der Waals surface area contributed by atoms with Gasteiger partial charge in [0, 0.05) is 18.5 Å². The lowest BCUT2D eigenvalue weighted by molar-refractivity contribution is -0.148. The quantitative estimate of drug-likeness (QED) is 0.866. The van der Waals surface area contributed by atoms with Crippen LogP contribution in [0.1, 0.15) is 23.0 Å². The van der Waals surface area contributed by atoms with E-state index in [1.54, 1.807) is 34.9 Å². The van der Waals surface area contributed by atoms with E-state index in [1.807, 2.05) is 6.92 Å². The van der Waals surface area contributed by atoms with Gasteiger partial charge in [-0.1, -0.05) is 0 Å². The molecule has 3 heterocycles. The van der Waals surface area contributed by atoms with Crippen molar-refractivity contribution in [3.63, 3.8) is 0 Å². The van der Waals surface area contributed by atoms with Gasteiger partial charge in [-0.25, -0.2) is 0 Å². The fourth-order valence-corrected chi connectivity index (χ4v) is 3.75. The van der Waals surface area contributed by atoms with E-state index in [9.17, 15) is 14.4 Å². The summed E-state index contributed by atoms with van der Waals surface area (Å²) < 4.78 is 11.3. The van der Waals surface area contributed by atoms with E-state index in [0.717, 1.165) is 0 Å². The van der Waals surface area contributed by atoms with Crippen molar-refractivity contribution in [1.82, 2.24) is 15.1 Å². The minimum absolute atomic E-state index is 0.0228. The van der Waals surface area contributed by atoms with E-state index in [-0.39, 0.29) is 30.8 Å². The van der Waals surface area contributed by atoms with Crippen LogP contribution >= 0.6 is 0 Å². The molecule has 0 spiro atoms. The number of rotatable bonds is 3. The first kappa shape index (κ1) is 17.4. The summed E-state index contributed by atoms with van der Waals surface area (Å²) in [6.07, 6.45) is 0. The van der Waals surface area contributed by atoms with Gasteiger partial charge in [0.2, 0.25) is 11.8 Å². The molecule has 8 nitrogen and oxygen atoms in total. The summed E-state index contributed by atoms with van der Waals surface area (Å²) in [5.74, 6) is 0.653. The monoisotopic (exact) mass is 371 g/mol. The van der Waals surface area contributed by atoms with E-state index in [2.05, 4.69) is 5.32 Å². The lowest BCUT2D eigenvalue weighted by Crippen LogP contribution is -2.66. The van der Waals surface area contributed by atoms with Crippen molar-refractivity contribution in [2.45, 2.75) is 19.9 Å². The summed E-state index contributed by atoms with van der Waals surface area (Å²) in [6, 6.07) is 4.76. The number of nitrogens with zero attached hydrogens (tertiary/aromatic N) is 2. The summed E-state index contributed by atoms with van der Waals surface area (Å²) in [5, 5.41) is 3.27. The van der Waals surface area contributed by atoms with Gasteiger partial charge in [-0.2, -0.15) is 0 Å². The SMILES string of the molecule is CCOc1ccc2oc(C)c(C(=O)N3CCN4C(=O)CNC(=O)[C@H]4C3)c2c1. The largest absolute Gasteiger partial charge is 0.494 e. The van der Waals surface area contributed by atoms with Gasteiger partial charge in [0.15, 0.2) is 0 Å². The second-order valence-electron chi connectivity index (χ2n) is 6.70. The summed E-state index contributed by atoms with van der Waals surface area (Å²) in [5.41, 5.74) is 1.09. The Morgan fingerprint density at radius 3 is 2.93 bits per heavy atom. The number of ether oxygens (including phenoxy) is 1. The molecule has 2 aliphatic heterocycles. The Bertz CT molecular complexity index is 935. The first-order valence-electron chi connectivity index (χ1n) is 9.02. The average molecular weight is 371 g/mol. The fraction of sp³-hybridized carbons (Fsp3) is 0.421. The van der Waals surface area contributed by atoms with Crippen molar-refractivity contribution in [1.29, 1.82) is 0 Å². The van der Waals surface area contributed by atoms with Gasteiger partial charge in [-0.3, -0.25) is 14.4 Å². The Balaban J connectivity index is 1.65. The standard InChI is InChI=1S/C19H21N3O5/c1-3-26-12-4-5-15-13(8-12)17(11(2)27-15)19(25)21-6-7-22-14(10-21)18(24)20-9-16(22)23/h4-5,8,14H,3,6-7,9-10H2,1-2H3,(H,20,24)/t14-/m1/s1. The Kier molecular flexibility index (Phi) is 4.25. The molecular formula is C19H21N3O5. The molecule has 1 atom stereocenters. The first-order chi connectivity index (χ1) is 13.0. The van der Waals surface area contributed by atoms with Crippen molar-refractivity contribution in [3.05, 3.63) is 29.5 Å². The molecule has 0 aliphatic carbocycles. The number of hydrogen-bond donors (Lipinski definition) is 1. The third-order valence-corrected chi connectivity index (χ3v) is 5.06. The molecule has 4 rings (SSSR count). The molecule has 2 aromatic rings. The number of aryl methyl sites for hydroxylation is 1. The molecular weight excluding hydrogens is 350 g/mol. The number of fused-ring (bicyclic) bond motifs is 2. The fourth-order valence-electron chi connectivity index (χ4n) is 3.75. The Morgan fingerprint density at radius 1 is 1.33 bits per heavy atom. The normalized spacial score (nSPS) is 19.9. The highest BCUT2D eigenvalue weighted by Gasteiger charge is 2.40. The van der Waals surface area contributed by atoms with Crippen LogP contribution in [-0.4, -0.2) is 66.3 Å². The zero-order valence-corrected chi connectivity index (χ0v) is 15.3. The van der Waals surface area contributed by atoms with E-state index in [1.165, 1.54) is 0 Å². The highest BCUT2D eigenvalue weighted by atomic mass is 16.5. The van der Waals surface area contributed by atoms with Gasteiger partial charge in [0.25, 0.3) is 5.91 Å². The molecule has 8 heteroatoms. The van der Waals surface area contributed by atoms with Crippen LogP contribution < -0.4 is 10.1 Å². The molecule has 1 N–H and O–H groups in total. The van der Waals surface area contributed by atoms with Crippen LogP contribution in [0.4, 0.5) is 0 Å². The number of carbonyl (C=O) groups excluding carboxylic acids is 3. The maximum atomic E-state index is 13.2. The molecule has 27 heavy (non-hydrogen) atoms. The molecule has 142 valence electrons. The maximum Gasteiger partial charge on any atom is 0.258 e. The van der Waals surface area contributed by atoms with Crippen LogP contribution in [-0.2, 0) is 9.59 Å². The molecule has 1 aromatic carbocycles. The van der Waals surface area contributed by atoms with Crippen LogP contribution in [0, 0.1) is 6.92 Å². The van der Waals surface area contributed by atoms with Crippen LogP contribution in [0.15, 0.2) is 22.6 Å². The van der Waals surface area contributed by atoms with E-state index in [4.69, 9.17) is 9.15 Å². The minimum Gasteiger partial charge on any atom is -0.494 e. The Hall–Kier alpha value is -3.03. The number of furan rings is 1. The zero-order chi connectivity index (χ0) is 19.1. The Morgan fingerprint density at radius 2 is 2.15 bits per heavy atom. The number of benzene rings is 1. The van der Waals surface area contributed by atoms with Crippen LogP contribution in [0.5, 0.6) is 5.75 Å². The number of piperazine rings is 2. The number of carbonyl (C=O) groups is 3. The molecule has 0 radical (unpaired) electrons. The third kappa shape index (κ3) is 2.90. The molecule has 2 aliphatic rings. The third-order valence-electron chi connectivity index (χ3n) is 5.06. The van der Waals surface area contributed by atoms with Crippen LogP contribution in [0.25, 0.3) is 11.0 Å². The van der Waals surface area contributed by atoms with E-state index >= 15 is 0 Å². The van der Waals surface area contributed by atoms with Gasteiger partial charge in [-0.05, 0) is 32.0 Å². The van der Waals surface area contributed by atoms with Crippen molar-refractivity contribution < 1.29 is 23.5 Å². The molecule has 0 bridgehead atoms. The summed E-state index contributed by atoms with van der Waals surface area (Å²) in [7, 11) is 0. The summed E-state index contributed by atoms with van der Waals surface area (Å²) in [4.78, 5) is 40.5. The lowest BCUT2D eigenvalue weighted by atomic mass is 10.1.